The maximum atomic E-state index is 12.5. The lowest BCUT2D eigenvalue weighted by molar-refractivity contribution is 0.0454. The van der Waals surface area contributed by atoms with Crippen LogP contribution in [0, 0.1) is 0 Å². The van der Waals surface area contributed by atoms with Gasteiger partial charge in [-0.3, -0.25) is 14.4 Å². The van der Waals surface area contributed by atoms with Crippen LogP contribution in [0.2, 0.25) is 0 Å². The van der Waals surface area contributed by atoms with E-state index in [1.165, 1.54) is 5.69 Å². The molecule has 25 heavy (non-hydrogen) atoms. The zero-order chi connectivity index (χ0) is 16.9. The topological polar surface area (TPSA) is 59.4 Å². The number of aromatic nitrogens is 2. The number of carbonyl (C=O) groups excluding carboxylic acids is 1. The summed E-state index contributed by atoms with van der Waals surface area (Å²) in [7, 11) is 0. The third-order valence-electron chi connectivity index (χ3n) is 5.50. The van der Waals surface area contributed by atoms with E-state index in [4.69, 9.17) is 9.84 Å². The number of ether oxygens (including phenoxy) is 1. The summed E-state index contributed by atoms with van der Waals surface area (Å²) in [6.45, 7) is 5.36. The number of para-hydroxylation sites is 1. The maximum Gasteiger partial charge on any atom is 0.170 e. The van der Waals surface area contributed by atoms with E-state index >= 15 is 0 Å². The zero-order valence-electron chi connectivity index (χ0n) is 14.2. The molecule has 1 N–H and O–H groups in total. The molecule has 130 valence electrons. The molecule has 1 spiro atoms. The van der Waals surface area contributed by atoms with Gasteiger partial charge in [0.15, 0.2) is 5.78 Å². The number of carbonyl (C=O) groups is 1. The molecule has 1 fully saturated rings. The van der Waals surface area contributed by atoms with Gasteiger partial charge in [-0.2, -0.15) is 5.10 Å². The fourth-order valence-electron chi connectivity index (χ4n) is 4.29. The van der Waals surface area contributed by atoms with Gasteiger partial charge in [0.2, 0.25) is 0 Å². The molecule has 0 amide bonds. The van der Waals surface area contributed by atoms with Gasteiger partial charge in [0, 0.05) is 39.1 Å². The number of nitrogens with zero attached hydrogens (tertiary/aromatic N) is 3. The molecule has 1 unspecified atom stereocenters. The zero-order valence-corrected chi connectivity index (χ0v) is 14.2. The molecule has 5 rings (SSSR count). The molecule has 3 aliphatic heterocycles. The SMILES string of the molecule is O=C1CC2(CCN(Cc3cc4n(n3)CCNC4)C2)Oc2ccccc21. The Morgan fingerprint density at radius 2 is 2.20 bits per heavy atom. The van der Waals surface area contributed by atoms with Crippen LogP contribution in [0.25, 0.3) is 0 Å². The molecule has 0 radical (unpaired) electrons. The summed E-state index contributed by atoms with van der Waals surface area (Å²) >= 11 is 0. The molecule has 1 atom stereocenters. The van der Waals surface area contributed by atoms with Gasteiger partial charge in [0.1, 0.15) is 11.4 Å². The summed E-state index contributed by atoms with van der Waals surface area (Å²) in [6, 6.07) is 9.80. The Labute approximate surface area is 146 Å². The highest BCUT2D eigenvalue weighted by Gasteiger charge is 2.45. The number of fused-ring (bicyclic) bond motifs is 2. The first-order valence-corrected chi connectivity index (χ1v) is 9.01. The molecular weight excluding hydrogens is 316 g/mol. The summed E-state index contributed by atoms with van der Waals surface area (Å²) < 4.78 is 8.41. The summed E-state index contributed by atoms with van der Waals surface area (Å²) in [6.07, 6.45) is 1.37. The first kappa shape index (κ1) is 15.1. The molecule has 1 saturated heterocycles. The van der Waals surface area contributed by atoms with E-state index in [1.54, 1.807) is 0 Å². The van der Waals surface area contributed by atoms with Crippen molar-refractivity contribution in [1.82, 2.24) is 20.0 Å². The normalized spacial score (nSPS) is 25.7. The average molecular weight is 338 g/mol. The minimum absolute atomic E-state index is 0.201. The highest BCUT2D eigenvalue weighted by Crippen LogP contribution is 2.38. The summed E-state index contributed by atoms with van der Waals surface area (Å²) in [5.41, 5.74) is 2.72. The largest absolute Gasteiger partial charge is 0.485 e. The summed E-state index contributed by atoms with van der Waals surface area (Å²) in [5, 5.41) is 8.10. The Bertz CT molecular complexity index is 807. The van der Waals surface area contributed by atoms with E-state index in [1.807, 2.05) is 24.3 Å². The molecular formula is C19H22N4O2. The van der Waals surface area contributed by atoms with Crippen molar-refractivity contribution in [3.05, 3.63) is 47.3 Å². The Morgan fingerprint density at radius 1 is 1.28 bits per heavy atom. The Hall–Kier alpha value is -2.18. The number of benzene rings is 1. The van der Waals surface area contributed by atoms with Crippen molar-refractivity contribution in [3.63, 3.8) is 0 Å². The predicted octanol–water partition coefficient (Wildman–Crippen LogP) is 1.60. The molecule has 1 aromatic heterocycles. The average Bonchev–Trinajstić information content (AvgIpc) is 3.18. The summed E-state index contributed by atoms with van der Waals surface area (Å²) in [4.78, 5) is 14.9. The van der Waals surface area contributed by atoms with Gasteiger partial charge in [-0.15, -0.1) is 0 Å². The van der Waals surface area contributed by atoms with Gasteiger partial charge >= 0.3 is 0 Å². The van der Waals surface area contributed by atoms with Crippen molar-refractivity contribution >= 4 is 5.78 Å². The van der Waals surface area contributed by atoms with Crippen molar-refractivity contribution in [2.75, 3.05) is 19.6 Å². The molecule has 2 aromatic rings. The van der Waals surface area contributed by atoms with Gasteiger partial charge in [-0.25, -0.2) is 0 Å². The van der Waals surface area contributed by atoms with Crippen molar-refractivity contribution < 1.29 is 9.53 Å². The minimum Gasteiger partial charge on any atom is -0.485 e. The molecule has 6 heteroatoms. The van der Waals surface area contributed by atoms with Crippen LogP contribution in [0.1, 0.15) is 34.6 Å². The number of hydrogen-bond acceptors (Lipinski definition) is 5. The van der Waals surface area contributed by atoms with Crippen LogP contribution < -0.4 is 10.1 Å². The number of Topliss-reactive ketones (excluding diaryl/α,β-unsaturated/α-hetero) is 1. The minimum atomic E-state index is -0.369. The maximum absolute atomic E-state index is 12.5. The Morgan fingerprint density at radius 3 is 3.12 bits per heavy atom. The second kappa shape index (κ2) is 5.68. The molecule has 0 aliphatic carbocycles. The number of nitrogens with one attached hydrogen (secondary N) is 1. The molecule has 0 saturated carbocycles. The quantitative estimate of drug-likeness (QED) is 0.901. The summed E-state index contributed by atoms with van der Waals surface area (Å²) in [5.74, 6) is 0.941. The lowest BCUT2D eigenvalue weighted by Crippen LogP contribution is -2.44. The first-order valence-electron chi connectivity index (χ1n) is 9.01. The van der Waals surface area contributed by atoms with Crippen molar-refractivity contribution in [3.8, 4) is 5.75 Å². The third kappa shape index (κ3) is 2.65. The van der Waals surface area contributed by atoms with Crippen LogP contribution in [-0.2, 0) is 19.6 Å². The fourth-order valence-corrected chi connectivity index (χ4v) is 4.29. The fraction of sp³-hybridized carbons (Fsp3) is 0.474. The van der Waals surface area contributed by atoms with Crippen LogP contribution in [0.15, 0.2) is 30.3 Å². The van der Waals surface area contributed by atoms with Crippen LogP contribution in [0.3, 0.4) is 0 Å². The lowest BCUT2D eigenvalue weighted by atomic mass is 9.89. The Kier molecular flexibility index (Phi) is 3.43. The predicted molar refractivity (Wildman–Crippen MR) is 92.6 cm³/mol. The highest BCUT2D eigenvalue weighted by atomic mass is 16.5. The highest BCUT2D eigenvalue weighted by molar-refractivity contribution is 6.00. The van der Waals surface area contributed by atoms with E-state index in [0.29, 0.717) is 6.42 Å². The van der Waals surface area contributed by atoms with Gasteiger partial charge in [0.05, 0.1) is 29.9 Å². The van der Waals surface area contributed by atoms with E-state index in [9.17, 15) is 4.79 Å². The number of likely N-dealkylation sites (tertiary alicyclic amines) is 1. The van der Waals surface area contributed by atoms with Gasteiger partial charge in [0.25, 0.3) is 0 Å². The Balaban J connectivity index is 1.31. The van der Waals surface area contributed by atoms with Gasteiger partial charge < -0.3 is 10.1 Å². The van der Waals surface area contributed by atoms with Gasteiger partial charge in [-0.05, 0) is 18.2 Å². The molecule has 1 aromatic carbocycles. The van der Waals surface area contributed by atoms with E-state index in [0.717, 1.165) is 62.7 Å². The molecule has 3 aliphatic rings. The molecule has 6 nitrogen and oxygen atoms in total. The third-order valence-corrected chi connectivity index (χ3v) is 5.50. The lowest BCUT2D eigenvalue weighted by Gasteiger charge is -2.34. The second-order valence-corrected chi connectivity index (χ2v) is 7.37. The van der Waals surface area contributed by atoms with Crippen LogP contribution in [0.4, 0.5) is 0 Å². The monoisotopic (exact) mass is 338 g/mol. The molecule has 4 heterocycles. The van der Waals surface area contributed by atoms with Crippen LogP contribution in [-0.4, -0.2) is 45.7 Å². The number of ketones is 1. The van der Waals surface area contributed by atoms with Crippen LogP contribution >= 0.6 is 0 Å². The van der Waals surface area contributed by atoms with Crippen molar-refractivity contribution in [1.29, 1.82) is 0 Å². The van der Waals surface area contributed by atoms with Gasteiger partial charge in [-0.1, -0.05) is 12.1 Å². The smallest absolute Gasteiger partial charge is 0.170 e. The van der Waals surface area contributed by atoms with Crippen LogP contribution in [0.5, 0.6) is 5.75 Å². The van der Waals surface area contributed by atoms with E-state index in [2.05, 4.69) is 21.0 Å². The second-order valence-electron chi connectivity index (χ2n) is 7.37. The van der Waals surface area contributed by atoms with E-state index in [-0.39, 0.29) is 11.4 Å². The first-order chi connectivity index (χ1) is 12.2. The number of hydrogen-bond donors (Lipinski definition) is 1. The van der Waals surface area contributed by atoms with E-state index < -0.39 is 0 Å². The number of rotatable bonds is 2. The van der Waals surface area contributed by atoms with Crippen molar-refractivity contribution in [2.24, 2.45) is 0 Å². The standard InChI is InChI=1S/C19H22N4O2/c24-17-10-19(25-18-4-2-1-3-16(17)18)5-7-22(13-19)12-14-9-15-11-20-6-8-23(15)21-14/h1-4,9,20H,5-8,10-13H2. The molecule has 0 bridgehead atoms. The van der Waals surface area contributed by atoms with Crippen molar-refractivity contribution in [2.45, 2.75) is 38.1 Å².